The average Bonchev–Trinajstić information content (AvgIpc) is 2.46. The fourth-order valence-electron chi connectivity index (χ4n) is 1.81. The average molecular weight is 370 g/mol. The van der Waals surface area contributed by atoms with Crippen LogP contribution in [-0.4, -0.2) is 12.9 Å². The Morgan fingerprint density at radius 1 is 1.24 bits per heavy atom. The zero-order chi connectivity index (χ0) is 15.4. The van der Waals surface area contributed by atoms with Crippen LogP contribution >= 0.6 is 27.5 Å². The third-order valence-corrected chi connectivity index (χ3v) is 3.66. The van der Waals surface area contributed by atoms with E-state index in [1.54, 1.807) is 37.4 Å². The van der Waals surface area contributed by atoms with E-state index in [0.717, 1.165) is 10.0 Å². The van der Waals surface area contributed by atoms with E-state index in [0.29, 0.717) is 22.1 Å². The van der Waals surface area contributed by atoms with Crippen molar-refractivity contribution in [2.75, 3.05) is 7.11 Å². The van der Waals surface area contributed by atoms with Crippen molar-refractivity contribution < 1.29 is 9.47 Å². The van der Waals surface area contributed by atoms with Gasteiger partial charge in [0.25, 0.3) is 0 Å². The van der Waals surface area contributed by atoms with Gasteiger partial charge in [-0.05, 0) is 36.4 Å². The number of amidine groups is 1. The molecule has 2 aromatic carbocycles. The smallest absolute Gasteiger partial charge is 0.138 e. The summed E-state index contributed by atoms with van der Waals surface area (Å²) in [5.74, 6) is 1.25. The first-order chi connectivity index (χ1) is 10.0. The van der Waals surface area contributed by atoms with Gasteiger partial charge in [-0.2, -0.15) is 0 Å². The second-order valence-electron chi connectivity index (χ2n) is 4.30. The van der Waals surface area contributed by atoms with E-state index >= 15 is 0 Å². The quantitative estimate of drug-likeness (QED) is 0.619. The topological polar surface area (TPSA) is 68.3 Å². The maximum absolute atomic E-state index is 7.48. The van der Waals surface area contributed by atoms with Gasteiger partial charge in [-0.1, -0.05) is 27.5 Å². The number of ether oxygens (including phenoxy) is 2. The van der Waals surface area contributed by atoms with Gasteiger partial charge in [0.2, 0.25) is 0 Å². The minimum absolute atomic E-state index is 0.000534. The van der Waals surface area contributed by atoms with Gasteiger partial charge >= 0.3 is 0 Å². The molecule has 0 atom stereocenters. The summed E-state index contributed by atoms with van der Waals surface area (Å²) in [7, 11) is 1.58. The number of rotatable bonds is 5. The van der Waals surface area contributed by atoms with Crippen LogP contribution in [0.2, 0.25) is 5.02 Å². The van der Waals surface area contributed by atoms with E-state index in [1.165, 1.54) is 0 Å². The molecule has 0 aliphatic heterocycles. The first-order valence-electron chi connectivity index (χ1n) is 6.10. The van der Waals surface area contributed by atoms with Crippen molar-refractivity contribution in [3.63, 3.8) is 0 Å². The molecule has 0 aliphatic rings. The lowest BCUT2D eigenvalue weighted by Gasteiger charge is -2.12. The molecule has 0 radical (unpaired) electrons. The van der Waals surface area contributed by atoms with Crippen LogP contribution in [0.1, 0.15) is 11.1 Å². The first kappa shape index (κ1) is 15.7. The fraction of sp³-hybridized carbons (Fsp3) is 0.133. The predicted molar refractivity (Wildman–Crippen MR) is 87.5 cm³/mol. The van der Waals surface area contributed by atoms with Crippen LogP contribution in [0.4, 0.5) is 0 Å². The van der Waals surface area contributed by atoms with Gasteiger partial charge in [-0.3, -0.25) is 5.41 Å². The molecule has 0 unspecified atom stereocenters. The van der Waals surface area contributed by atoms with Gasteiger partial charge in [-0.25, -0.2) is 0 Å². The SMILES string of the molecule is COc1ccc(C(=N)N)cc1COc1ccc(Br)cc1Cl. The fourth-order valence-corrected chi connectivity index (χ4v) is 2.53. The minimum Gasteiger partial charge on any atom is -0.496 e. The molecule has 2 rings (SSSR count). The Kier molecular flexibility index (Phi) is 5.09. The lowest BCUT2D eigenvalue weighted by molar-refractivity contribution is 0.297. The van der Waals surface area contributed by atoms with Crippen LogP contribution in [0, 0.1) is 5.41 Å². The molecule has 0 aliphatic carbocycles. The van der Waals surface area contributed by atoms with E-state index in [-0.39, 0.29) is 12.4 Å². The molecule has 6 heteroatoms. The van der Waals surface area contributed by atoms with Crippen molar-refractivity contribution in [1.82, 2.24) is 0 Å². The number of hydrogen-bond acceptors (Lipinski definition) is 3. The van der Waals surface area contributed by atoms with E-state index in [4.69, 9.17) is 32.2 Å². The second kappa shape index (κ2) is 6.83. The summed E-state index contributed by atoms with van der Waals surface area (Å²) < 4.78 is 11.9. The molecule has 0 aromatic heterocycles. The Morgan fingerprint density at radius 3 is 2.57 bits per heavy atom. The number of nitrogens with two attached hydrogens (primary N) is 1. The standard InChI is InChI=1S/C15H14BrClN2O2/c1-20-13-4-2-9(15(18)19)6-10(13)8-21-14-5-3-11(16)7-12(14)17/h2-7H,8H2,1H3,(H3,18,19). The molecule has 0 heterocycles. The molecule has 0 saturated heterocycles. The van der Waals surface area contributed by atoms with E-state index < -0.39 is 0 Å². The van der Waals surface area contributed by atoms with Gasteiger partial charge in [0, 0.05) is 15.6 Å². The molecule has 0 bridgehead atoms. The lowest BCUT2D eigenvalue weighted by atomic mass is 10.1. The highest BCUT2D eigenvalue weighted by Gasteiger charge is 2.09. The molecule has 0 spiro atoms. The summed E-state index contributed by atoms with van der Waals surface area (Å²) in [5, 5.41) is 8.00. The Balaban J connectivity index is 2.22. The highest BCUT2D eigenvalue weighted by atomic mass is 79.9. The van der Waals surface area contributed by atoms with Crippen LogP contribution in [0.3, 0.4) is 0 Å². The monoisotopic (exact) mass is 368 g/mol. The molecule has 3 N–H and O–H groups in total. The summed E-state index contributed by atoms with van der Waals surface area (Å²) in [6.07, 6.45) is 0. The van der Waals surface area contributed by atoms with Crippen LogP contribution in [0.25, 0.3) is 0 Å². The maximum atomic E-state index is 7.48. The van der Waals surface area contributed by atoms with Gasteiger partial charge in [0.05, 0.1) is 12.1 Å². The normalized spacial score (nSPS) is 10.2. The zero-order valence-electron chi connectivity index (χ0n) is 11.3. The maximum Gasteiger partial charge on any atom is 0.138 e. The van der Waals surface area contributed by atoms with Crippen LogP contribution in [-0.2, 0) is 6.61 Å². The van der Waals surface area contributed by atoms with Gasteiger partial charge in [0.1, 0.15) is 23.9 Å². The van der Waals surface area contributed by atoms with Crippen LogP contribution < -0.4 is 15.2 Å². The van der Waals surface area contributed by atoms with Gasteiger partial charge in [-0.15, -0.1) is 0 Å². The van der Waals surface area contributed by atoms with Crippen molar-refractivity contribution in [2.45, 2.75) is 6.61 Å². The van der Waals surface area contributed by atoms with Gasteiger partial charge < -0.3 is 15.2 Å². The lowest BCUT2D eigenvalue weighted by Crippen LogP contribution is -2.12. The first-order valence-corrected chi connectivity index (χ1v) is 7.27. The Labute approximate surface area is 136 Å². The summed E-state index contributed by atoms with van der Waals surface area (Å²) in [5.41, 5.74) is 6.91. The minimum atomic E-state index is 0.000534. The molecule has 110 valence electrons. The number of nitrogen functional groups attached to an aromatic ring is 1. The third kappa shape index (κ3) is 3.89. The van der Waals surface area contributed by atoms with E-state index in [9.17, 15) is 0 Å². The Bertz CT molecular complexity index is 677. The summed E-state index contributed by atoms with van der Waals surface area (Å²) in [6, 6.07) is 10.7. The number of hydrogen-bond donors (Lipinski definition) is 2. The summed E-state index contributed by atoms with van der Waals surface area (Å²) in [6.45, 7) is 0.269. The number of halogens is 2. The predicted octanol–water partition coefficient (Wildman–Crippen LogP) is 3.97. The molecule has 21 heavy (non-hydrogen) atoms. The molecular weight excluding hydrogens is 356 g/mol. The molecule has 0 fully saturated rings. The number of benzene rings is 2. The Morgan fingerprint density at radius 2 is 1.95 bits per heavy atom. The van der Waals surface area contributed by atoms with Crippen molar-refractivity contribution in [3.05, 3.63) is 57.0 Å². The summed E-state index contributed by atoms with van der Waals surface area (Å²) >= 11 is 9.45. The molecule has 4 nitrogen and oxygen atoms in total. The van der Waals surface area contributed by atoms with Gasteiger partial charge in [0.15, 0.2) is 0 Å². The summed E-state index contributed by atoms with van der Waals surface area (Å²) in [4.78, 5) is 0. The van der Waals surface area contributed by atoms with Crippen molar-refractivity contribution in [2.24, 2.45) is 5.73 Å². The van der Waals surface area contributed by atoms with Crippen LogP contribution in [0.5, 0.6) is 11.5 Å². The molecule has 0 saturated carbocycles. The second-order valence-corrected chi connectivity index (χ2v) is 5.63. The molecule has 0 amide bonds. The van der Waals surface area contributed by atoms with Crippen molar-refractivity contribution in [1.29, 1.82) is 5.41 Å². The zero-order valence-corrected chi connectivity index (χ0v) is 13.7. The largest absolute Gasteiger partial charge is 0.496 e. The number of nitrogens with one attached hydrogen (secondary N) is 1. The van der Waals surface area contributed by atoms with Crippen molar-refractivity contribution >= 4 is 33.4 Å². The Hall–Kier alpha value is -1.72. The highest BCUT2D eigenvalue weighted by molar-refractivity contribution is 9.10. The highest BCUT2D eigenvalue weighted by Crippen LogP contribution is 2.29. The third-order valence-electron chi connectivity index (χ3n) is 2.87. The number of methoxy groups -OCH3 is 1. The van der Waals surface area contributed by atoms with E-state index in [1.807, 2.05) is 6.07 Å². The van der Waals surface area contributed by atoms with Crippen molar-refractivity contribution in [3.8, 4) is 11.5 Å². The molecular formula is C15H14BrClN2O2. The van der Waals surface area contributed by atoms with Crippen LogP contribution in [0.15, 0.2) is 40.9 Å². The van der Waals surface area contributed by atoms with E-state index in [2.05, 4.69) is 15.9 Å². The molecule has 2 aromatic rings.